The van der Waals surface area contributed by atoms with Gasteiger partial charge in [-0.15, -0.1) is 0 Å². The van der Waals surface area contributed by atoms with E-state index in [1.807, 2.05) is 0 Å². The van der Waals surface area contributed by atoms with Crippen LogP contribution >= 0.6 is 0 Å². The zero-order chi connectivity index (χ0) is 18.2. The smallest absolute Gasteiger partial charge is 0.325 e. The van der Waals surface area contributed by atoms with E-state index in [-0.39, 0.29) is 17.0 Å². The van der Waals surface area contributed by atoms with Crippen LogP contribution in [-0.4, -0.2) is 45.4 Å². The molecule has 0 fully saturated rings. The van der Waals surface area contributed by atoms with Crippen molar-refractivity contribution in [1.29, 1.82) is 0 Å². The second-order valence-electron chi connectivity index (χ2n) is 6.54. The highest BCUT2D eigenvalue weighted by Gasteiger charge is 2.41. The van der Waals surface area contributed by atoms with E-state index in [2.05, 4.69) is 10.6 Å². The van der Waals surface area contributed by atoms with Gasteiger partial charge in [-0.25, -0.2) is 4.79 Å². The minimum Gasteiger partial charge on any atom is -0.480 e. The molecule has 1 aromatic rings. The number of urea groups is 1. The summed E-state index contributed by atoms with van der Waals surface area (Å²) in [6.45, 7) is 6.60. The lowest BCUT2D eigenvalue weighted by molar-refractivity contribution is -0.138. The fraction of sp³-hybridized carbons (Fsp3) is 0.375. The number of carboxylic acid groups (broad SMARTS) is 1. The van der Waals surface area contributed by atoms with Crippen molar-refractivity contribution in [3.63, 3.8) is 0 Å². The van der Waals surface area contributed by atoms with Gasteiger partial charge in [0.05, 0.1) is 11.1 Å². The number of fused-ring (bicyclic) bond motifs is 1. The molecule has 128 valence electrons. The first-order valence-electron chi connectivity index (χ1n) is 7.35. The van der Waals surface area contributed by atoms with Crippen molar-refractivity contribution < 1.29 is 24.3 Å². The van der Waals surface area contributed by atoms with E-state index in [0.29, 0.717) is 5.69 Å². The Bertz CT molecular complexity index is 736. The third-order valence-electron chi connectivity index (χ3n) is 3.53. The molecule has 8 nitrogen and oxygen atoms in total. The summed E-state index contributed by atoms with van der Waals surface area (Å²) in [7, 11) is 0. The van der Waals surface area contributed by atoms with Crippen LogP contribution in [0, 0.1) is 0 Å². The third-order valence-corrected chi connectivity index (χ3v) is 3.53. The average molecular weight is 333 g/mol. The van der Waals surface area contributed by atoms with Crippen LogP contribution in [-0.2, 0) is 4.79 Å². The molecule has 0 saturated heterocycles. The minimum atomic E-state index is -1.17. The Kier molecular flexibility index (Phi) is 4.33. The van der Waals surface area contributed by atoms with Gasteiger partial charge in [0.1, 0.15) is 6.04 Å². The number of nitrogens with one attached hydrogen (secondary N) is 2. The third kappa shape index (κ3) is 3.22. The van der Waals surface area contributed by atoms with E-state index in [1.165, 1.54) is 30.0 Å². The predicted octanol–water partition coefficient (Wildman–Crippen LogP) is 1.68. The molecule has 1 heterocycles. The number of aliphatic carboxylic acids is 1. The highest BCUT2D eigenvalue weighted by atomic mass is 16.4. The molecule has 3 N–H and O–H groups in total. The fourth-order valence-electron chi connectivity index (χ4n) is 2.35. The first kappa shape index (κ1) is 17.5. The lowest BCUT2D eigenvalue weighted by Crippen LogP contribution is -2.45. The van der Waals surface area contributed by atoms with Gasteiger partial charge in [-0.2, -0.15) is 0 Å². The van der Waals surface area contributed by atoms with Gasteiger partial charge in [0.2, 0.25) is 0 Å². The Morgan fingerprint density at radius 1 is 1.12 bits per heavy atom. The molecule has 24 heavy (non-hydrogen) atoms. The zero-order valence-electron chi connectivity index (χ0n) is 13.8. The number of anilines is 1. The van der Waals surface area contributed by atoms with E-state index in [1.54, 1.807) is 20.8 Å². The number of hydrogen-bond donors (Lipinski definition) is 3. The number of hydrogen-bond acceptors (Lipinski definition) is 4. The van der Waals surface area contributed by atoms with Crippen LogP contribution in [0.3, 0.4) is 0 Å². The summed E-state index contributed by atoms with van der Waals surface area (Å²) in [5, 5.41) is 13.5. The summed E-state index contributed by atoms with van der Waals surface area (Å²) in [6, 6.07) is 2.60. The number of nitrogens with zero attached hydrogens (tertiary/aromatic N) is 1. The van der Waals surface area contributed by atoms with Gasteiger partial charge in [0.25, 0.3) is 11.8 Å². The molecule has 8 heteroatoms. The van der Waals surface area contributed by atoms with E-state index in [4.69, 9.17) is 5.11 Å². The van der Waals surface area contributed by atoms with E-state index >= 15 is 0 Å². The van der Waals surface area contributed by atoms with Gasteiger partial charge in [-0.1, -0.05) is 0 Å². The van der Waals surface area contributed by atoms with Crippen molar-refractivity contribution in [2.75, 3.05) is 5.32 Å². The Labute approximate surface area is 138 Å². The molecule has 0 bridgehead atoms. The maximum absolute atomic E-state index is 12.5. The highest BCUT2D eigenvalue weighted by Crippen LogP contribution is 2.30. The Morgan fingerprint density at radius 3 is 2.25 bits per heavy atom. The minimum absolute atomic E-state index is 0.207. The molecule has 0 radical (unpaired) electrons. The second-order valence-corrected chi connectivity index (χ2v) is 6.54. The summed E-state index contributed by atoms with van der Waals surface area (Å²) < 4.78 is 0. The summed E-state index contributed by atoms with van der Waals surface area (Å²) in [6.07, 6.45) is 0. The van der Waals surface area contributed by atoms with Gasteiger partial charge in [0.15, 0.2) is 0 Å². The van der Waals surface area contributed by atoms with Crippen LogP contribution in [0.2, 0.25) is 0 Å². The Hall–Kier alpha value is -2.90. The maximum atomic E-state index is 12.5. The molecule has 0 aliphatic carbocycles. The molecule has 0 aromatic heterocycles. The standard InChI is InChI=1S/C16H19N3O5/c1-8(14(22)23)17-15(24)18-9-5-6-10-11(7-9)13(21)19(12(10)20)16(2,3)4/h5-8H,1-4H3,(H,22,23)(H2,17,18,24). The number of imide groups is 1. The number of amides is 4. The molecular weight excluding hydrogens is 314 g/mol. The molecule has 0 spiro atoms. The molecular formula is C16H19N3O5. The van der Waals surface area contributed by atoms with Crippen molar-refractivity contribution in [3.8, 4) is 0 Å². The first-order chi connectivity index (χ1) is 11.0. The molecule has 0 saturated carbocycles. The van der Waals surface area contributed by atoms with Crippen molar-refractivity contribution in [2.24, 2.45) is 0 Å². The van der Waals surface area contributed by atoms with Gasteiger partial charge in [-0.05, 0) is 45.9 Å². The Morgan fingerprint density at radius 2 is 1.71 bits per heavy atom. The van der Waals surface area contributed by atoms with Crippen molar-refractivity contribution in [3.05, 3.63) is 29.3 Å². The topological polar surface area (TPSA) is 116 Å². The van der Waals surface area contributed by atoms with Crippen LogP contribution in [0.15, 0.2) is 18.2 Å². The van der Waals surface area contributed by atoms with Crippen LogP contribution in [0.5, 0.6) is 0 Å². The van der Waals surface area contributed by atoms with Gasteiger partial charge in [0, 0.05) is 11.2 Å². The second kappa shape index (κ2) is 5.95. The summed E-state index contributed by atoms with van der Waals surface area (Å²) in [4.78, 5) is 48.4. The first-order valence-corrected chi connectivity index (χ1v) is 7.35. The fourth-order valence-corrected chi connectivity index (χ4v) is 2.35. The van der Waals surface area contributed by atoms with Gasteiger partial charge >= 0.3 is 12.0 Å². The van der Waals surface area contributed by atoms with Crippen molar-refractivity contribution >= 4 is 29.5 Å². The number of carbonyl (C=O) groups excluding carboxylic acids is 3. The molecule has 2 rings (SSSR count). The highest BCUT2D eigenvalue weighted by molar-refractivity contribution is 6.22. The molecule has 1 atom stereocenters. The van der Waals surface area contributed by atoms with Crippen LogP contribution in [0.1, 0.15) is 48.4 Å². The van der Waals surface area contributed by atoms with Gasteiger partial charge in [-0.3, -0.25) is 19.3 Å². The molecule has 1 unspecified atom stereocenters. The molecule has 1 aromatic carbocycles. The summed E-state index contributed by atoms with van der Waals surface area (Å²) >= 11 is 0. The lowest BCUT2D eigenvalue weighted by Gasteiger charge is -2.29. The van der Waals surface area contributed by atoms with E-state index < -0.39 is 29.5 Å². The Balaban J connectivity index is 2.21. The average Bonchev–Trinajstić information content (AvgIpc) is 2.69. The van der Waals surface area contributed by atoms with E-state index in [0.717, 1.165) is 0 Å². The van der Waals surface area contributed by atoms with E-state index in [9.17, 15) is 19.2 Å². The SMILES string of the molecule is CC(NC(=O)Nc1ccc2c(c1)C(=O)N(C(C)(C)C)C2=O)C(=O)O. The maximum Gasteiger partial charge on any atom is 0.325 e. The number of carbonyl (C=O) groups is 4. The predicted molar refractivity (Wildman–Crippen MR) is 85.9 cm³/mol. The summed E-state index contributed by atoms with van der Waals surface area (Å²) in [5.74, 6) is -1.97. The number of rotatable bonds is 3. The van der Waals surface area contributed by atoms with Crippen LogP contribution < -0.4 is 10.6 Å². The molecule has 1 aliphatic heterocycles. The largest absolute Gasteiger partial charge is 0.480 e. The van der Waals surface area contributed by atoms with Gasteiger partial charge < -0.3 is 15.7 Å². The number of carboxylic acids is 1. The zero-order valence-corrected chi connectivity index (χ0v) is 13.8. The quantitative estimate of drug-likeness (QED) is 0.728. The lowest BCUT2D eigenvalue weighted by atomic mass is 10.1. The van der Waals surface area contributed by atoms with Crippen molar-refractivity contribution in [1.82, 2.24) is 10.2 Å². The number of benzene rings is 1. The molecule has 1 aliphatic rings. The summed E-state index contributed by atoms with van der Waals surface area (Å²) in [5.41, 5.74) is 0.120. The van der Waals surface area contributed by atoms with Crippen LogP contribution in [0.4, 0.5) is 10.5 Å². The molecule has 4 amide bonds. The van der Waals surface area contributed by atoms with Crippen molar-refractivity contribution in [2.45, 2.75) is 39.3 Å². The van der Waals surface area contributed by atoms with Crippen LogP contribution in [0.25, 0.3) is 0 Å². The monoisotopic (exact) mass is 333 g/mol. The normalized spacial score (nSPS) is 15.1.